The molecule has 1 fully saturated rings. The quantitative estimate of drug-likeness (QED) is 0.918. The summed E-state index contributed by atoms with van der Waals surface area (Å²) in [5, 5.41) is 1.04. The first-order valence-electron chi connectivity index (χ1n) is 7.01. The molecule has 0 spiro atoms. The summed E-state index contributed by atoms with van der Waals surface area (Å²) in [6, 6.07) is 2.28. The van der Waals surface area contributed by atoms with E-state index in [1.54, 1.807) is 13.3 Å². The van der Waals surface area contributed by atoms with Crippen molar-refractivity contribution in [1.29, 1.82) is 0 Å². The van der Waals surface area contributed by atoms with E-state index in [2.05, 4.69) is 19.9 Å². The van der Waals surface area contributed by atoms with Crippen LogP contribution in [0.5, 0.6) is 0 Å². The topological polar surface area (TPSA) is 65.1 Å². The molecule has 1 unspecified atom stereocenters. The summed E-state index contributed by atoms with van der Waals surface area (Å²) in [6.07, 6.45) is 4.46. The molecular weight excluding hydrogens is 254 g/mol. The second-order valence-corrected chi connectivity index (χ2v) is 5.13. The van der Waals surface area contributed by atoms with Gasteiger partial charge in [0.25, 0.3) is 0 Å². The molecule has 1 aliphatic rings. The molecule has 3 heterocycles. The molecule has 6 heteroatoms. The van der Waals surface area contributed by atoms with Gasteiger partial charge in [-0.05, 0) is 19.4 Å². The molecule has 2 aromatic heterocycles. The average Bonchev–Trinajstić information content (AvgIpc) is 3.07. The summed E-state index contributed by atoms with van der Waals surface area (Å²) >= 11 is 0. The normalized spacial score (nSPS) is 18.7. The number of anilines is 1. The number of carbonyl (C=O) groups excluding carboxylic acids is 1. The molecule has 1 amide bonds. The number of fused-ring (bicyclic) bond motifs is 1. The minimum absolute atomic E-state index is 0.147. The van der Waals surface area contributed by atoms with E-state index in [1.165, 1.54) is 0 Å². The Kier molecular flexibility index (Phi) is 3.30. The van der Waals surface area contributed by atoms with Crippen LogP contribution in [-0.4, -0.2) is 51.4 Å². The Hall–Kier alpha value is -2.11. The van der Waals surface area contributed by atoms with Crippen LogP contribution in [0.25, 0.3) is 11.0 Å². The Morgan fingerprint density at radius 1 is 1.55 bits per heavy atom. The van der Waals surface area contributed by atoms with Gasteiger partial charge in [-0.25, -0.2) is 9.97 Å². The third-order valence-electron chi connectivity index (χ3n) is 3.98. The van der Waals surface area contributed by atoms with Crippen LogP contribution in [0.15, 0.2) is 18.6 Å². The molecular formula is C14H19N5O. The summed E-state index contributed by atoms with van der Waals surface area (Å²) in [5.41, 5.74) is 0.859. The maximum atomic E-state index is 11.7. The van der Waals surface area contributed by atoms with Gasteiger partial charge < -0.3 is 14.8 Å². The lowest BCUT2D eigenvalue weighted by atomic mass is 10.2. The molecule has 106 valence electrons. The van der Waals surface area contributed by atoms with Crippen molar-refractivity contribution in [3.63, 3.8) is 0 Å². The van der Waals surface area contributed by atoms with Crippen LogP contribution in [0, 0.1) is 0 Å². The van der Waals surface area contributed by atoms with Crippen molar-refractivity contribution in [2.75, 3.05) is 24.5 Å². The highest BCUT2D eigenvalue weighted by molar-refractivity contribution is 5.87. The van der Waals surface area contributed by atoms with Crippen LogP contribution < -0.4 is 4.90 Å². The maximum Gasteiger partial charge on any atom is 0.219 e. The molecule has 0 radical (unpaired) electrons. The van der Waals surface area contributed by atoms with E-state index >= 15 is 0 Å². The van der Waals surface area contributed by atoms with Crippen LogP contribution in [0.1, 0.15) is 20.3 Å². The number of likely N-dealkylation sites (N-methyl/N-ethyl adjacent to an activating group) is 1. The lowest BCUT2D eigenvalue weighted by Gasteiger charge is -2.27. The lowest BCUT2D eigenvalue weighted by molar-refractivity contribution is -0.130. The van der Waals surface area contributed by atoms with Gasteiger partial charge in [0.1, 0.15) is 17.8 Å². The summed E-state index contributed by atoms with van der Waals surface area (Å²) in [6.45, 7) is 6.19. The molecule has 1 atom stereocenters. The van der Waals surface area contributed by atoms with Gasteiger partial charge in [0.15, 0.2) is 0 Å². The second kappa shape index (κ2) is 5.11. The van der Waals surface area contributed by atoms with Crippen LogP contribution in [0.2, 0.25) is 0 Å². The number of nitrogens with one attached hydrogen (secondary N) is 1. The number of aromatic amines is 1. The Labute approximate surface area is 117 Å². The van der Waals surface area contributed by atoms with Crippen molar-refractivity contribution in [3.8, 4) is 0 Å². The molecule has 0 saturated carbocycles. The standard InChI is InChI=1S/C14H19N5O/c1-3-19(10(2)20)11-5-7-18(8-11)14-12-4-6-15-13(12)16-9-17-14/h4,6,9,11H,3,5,7-8H2,1-2H3,(H,15,16,17). The molecule has 1 saturated heterocycles. The highest BCUT2D eigenvalue weighted by atomic mass is 16.2. The van der Waals surface area contributed by atoms with Crippen molar-refractivity contribution < 1.29 is 4.79 Å². The fourth-order valence-corrected chi connectivity index (χ4v) is 3.04. The molecule has 2 aromatic rings. The Bertz CT molecular complexity index is 623. The largest absolute Gasteiger partial charge is 0.354 e. The number of hydrogen-bond acceptors (Lipinski definition) is 4. The third kappa shape index (κ3) is 2.11. The lowest BCUT2D eigenvalue weighted by Crippen LogP contribution is -2.40. The molecule has 3 rings (SSSR count). The van der Waals surface area contributed by atoms with Gasteiger partial charge in [0, 0.05) is 32.8 Å². The van der Waals surface area contributed by atoms with Gasteiger partial charge in [-0.3, -0.25) is 4.79 Å². The first-order valence-corrected chi connectivity index (χ1v) is 7.01. The molecule has 20 heavy (non-hydrogen) atoms. The van der Waals surface area contributed by atoms with E-state index in [0.29, 0.717) is 0 Å². The van der Waals surface area contributed by atoms with E-state index in [0.717, 1.165) is 42.9 Å². The predicted octanol–water partition coefficient (Wildman–Crippen LogP) is 1.40. The summed E-state index contributed by atoms with van der Waals surface area (Å²) in [5.74, 6) is 1.10. The van der Waals surface area contributed by atoms with Crippen molar-refractivity contribution in [2.24, 2.45) is 0 Å². The highest BCUT2D eigenvalue weighted by Crippen LogP contribution is 2.26. The summed E-state index contributed by atoms with van der Waals surface area (Å²) in [4.78, 5) is 27.6. The predicted molar refractivity (Wildman–Crippen MR) is 77.6 cm³/mol. The first kappa shape index (κ1) is 12.9. The number of nitrogens with zero attached hydrogens (tertiary/aromatic N) is 4. The van der Waals surface area contributed by atoms with Crippen molar-refractivity contribution in [3.05, 3.63) is 18.6 Å². The SMILES string of the molecule is CCN(C(C)=O)C1CCN(c2ncnc3[nH]ccc23)C1. The second-order valence-electron chi connectivity index (χ2n) is 5.13. The van der Waals surface area contributed by atoms with Crippen LogP contribution >= 0.6 is 0 Å². The van der Waals surface area contributed by atoms with E-state index < -0.39 is 0 Å². The first-order chi connectivity index (χ1) is 9.70. The summed E-state index contributed by atoms with van der Waals surface area (Å²) < 4.78 is 0. The highest BCUT2D eigenvalue weighted by Gasteiger charge is 2.29. The number of aromatic nitrogens is 3. The van der Waals surface area contributed by atoms with E-state index in [4.69, 9.17) is 0 Å². The minimum atomic E-state index is 0.147. The zero-order valence-electron chi connectivity index (χ0n) is 11.8. The minimum Gasteiger partial charge on any atom is -0.354 e. The molecule has 1 aliphatic heterocycles. The molecule has 1 N–H and O–H groups in total. The van der Waals surface area contributed by atoms with Gasteiger partial charge in [0.2, 0.25) is 5.91 Å². The van der Waals surface area contributed by atoms with Crippen LogP contribution in [0.4, 0.5) is 5.82 Å². The van der Waals surface area contributed by atoms with Gasteiger partial charge in [0.05, 0.1) is 11.4 Å². The smallest absolute Gasteiger partial charge is 0.219 e. The van der Waals surface area contributed by atoms with Gasteiger partial charge in [-0.1, -0.05) is 0 Å². The van der Waals surface area contributed by atoms with Crippen molar-refractivity contribution in [1.82, 2.24) is 19.9 Å². The van der Waals surface area contributed by atoms with Gasteiger partial charge in [-0.2, -0.15) is 0 Å². The van der Waals surface area contributed by atoms with E-state index in [-0.39, 0.29) is 11.9 Å². The fraction of sp³-hybridized carbons (Fsp3) is 0.500. The number of H-pyrrole nitrogens is 1. The average molecular weight is 273 g/mol. The number of amides is 1. The van der Waals surface area contributed by atoms with E-state index in [9.17, 15) is 4.79 Å². The monoisotopic (exact) mass is 273 g/mol. The van der Waals surface area contributed by atoms with Crippen LogP contribution in [0.3, 0.4) is 0 Å². The number of hydrogen-bond donors (Lipinski definition) is 1. The Balaban J connectivity index is 1.83. The molecule has 0 bridgehead atoms. The summed E-state index contributed by atoms with van der Waals surface area (Å²) in [7, 11) is 0. The molecule has 6 nitrogen and oxygen atoms in total. The Morgan fingerprint density at radius 3 is 3.15 bits per heavy atom. The fourth-order valence-electron chi connectivity index (χ4n) is 3.04. The number of rotatable bonds is 3. The molecule has 0 aromatic carbocycles. The van der Waals surface area contributed by atoms with Gasteiger partial charge in [-0.15, -0.1) is 0 Å². The zero-order valence-corrected chi connectivity index (χ0v) is 11.8. The zero-order chi connectivity index (χ0) is 14.1. The maximum absolute atomic E-state index is 11.7. The molecule has 0 aliphatic carbocycles. The van der Waals surface area contributed by atoms with Crippen molar-refractivity contribution in [2.45, 2.75) is 26.3 Å². The Morgan fingerprint density at radius 2 is 2.40 bits per heavy atom. The van der Waals surface area contributed by atoms with Gasteiger partial charge >= 0.3 is 0 Å². The van der Waals surface area contributed by atoms with E-state index in [1.807, 2.05) is 24.1 Å². The van der Waals surface area contributed by atoms with Crippen LogP contribution in [-0.2, 0) is 4.79 Å². The number of carbonyl (C=O) groups is 1. The van der Waals surface area contributed by atoms with Crippen molar-refractivity contribution >= 4 is 22.8 Å². The third-order valence-corrected chi connectivity index (χ3v) is 3.98.